The van der Waals surface area contributed by atoms with Crippen LogP contribution in [0.4, 0.5) is 0 Å². The summed E-state index contributed by atoms with van der Waals surface area (Å²) in [4.78, 5) is 9.90. The molecule has 0 spiro atoms. The van der Waals surface area contributed by atoms with Crippen molar-refractivity contribution in [1.82, 2.24) is 20.0 Å². The van der Waals surface area contributed by atoms with Gasteiger partial charge in [0.15, 0.2) is 10.9 Å². The first kappa shape index (κ1) is 19.7. The lowest BCUT2D eigenvalue weighted by molar-refractivity contribution is 0.0676. The lowest BCUT2D eigenvalue weighted by atomic mass is 10.1. The van der Waals surface area contributed by atoms with Crippen LogP contribution in [0.5, 0.6) is 5.75 Å². The fourth-order valence-corrected chi connectivity index (χ4v) is 4.05. The van der Waals surface area contributed by atoms with Gasteiger partial charge >= 0.3 is 0 Å². The van der Waals surface area contributed by atoms with Crippen LogP contribution < -0.4 is 15.4 Å². The minimum atomic E-state index is 0.204. The van der Waals surface area contributed by atoms with Crippen molar-refractivity contribution in [1.29, 1.82) is 0 Å². The zero-order valence-corrected chi connectivity index (χ0v) is 17.7. The number of hydrogen-bond acceptors (Lipinski definition) is 5. The Morgan fingerprint density at radius 3 is 3.07 bits per heavy atom. The van der Waals surface area contributed by atoms with Gasteiger partial charge < -0.3 is 20.1 Å². The Morgan fingerprint density at radius 1 is 1.38 bits per heavy atom. The number of fused-ring (bicyclic) bond motifs is 1. The van der Waals surface area contributed by atoms with Crippen LogP contribution in [0.15, 0.2) is 41.0 Å². The molecule has 0 bridgehead atoms. The normalized spacial score (nSPS) is 17.0. The lowest BCUT2D eigenvalue weighted by Crippen LogP contribution is -2.36. The van der Waals surface area contributed by atoms with E-state index >= 15 is 0 Å². The van der Waals surface area contributed by atoms with Gasteiger partial charge in [-0.15, -0.1) is 11.3 Å². The number of hydrogen-bond donors (Lipinski definition) is 2. The first-order valence-electron chi connectivity index (χ1n) is 9.91. The van der Waals surface area contributed by atoms with Crippen LogP contribution in [0, 0.1) is 6.92 Å². The van der Waals surface area contributed by atoms with Crippen LogP contribution in [-0.4, -0.2) is 41.7 Å². The summed E-state index contributed by atoms with van der Waals surface area (Å²) < 4.78 is 13.8. The summed E-state index contributed by atoms with van der Waals surface area (Å²) in [5.41, 5.74) is 3.26. The molecule has 0 aliphatic carbocycles. The summed E-state index contributed by atoms with van der Waals surface area (Å²) in [6.07, 6.45) is 6.44. The van der Waals surface area contributed by atoms with E-state index < -0.39 is 0 Å². The molecule has 2 N–H and O–H groups in total. The van der Waals surface area contributed by atoms with Crippen LogP contribution in [0.2, 0.25) is 0 Å². The van der Waals surface area contributed by atoms with E-state index in [2.05, 4.69) is 45.7 Å². The molecule has 2 aromatic heterocycles. The highest BCUT2D eigenvalue weighted by atomic mass is 32.1. The van der Waals surface area contributed by atoms with Crippen LogP contribution in [0.3, 0.4) is 0 Å². The summed E-state index contributed by atoms with van der Waals surface area (Å²) in [5, 5.41) is 8.72. The van der Waals surface area contributed by atoms with Crippen molar-refractivity contribution >= 4 is 22.3 Å². The zero-order chi connectivity index (χ0) is 20.1. The highest BCUT2D eigenvalue weighted by Crippen LogP contribution is 2.22. The number of imidazole rings is 1. The van der Waals surface area contributed by atoms with E-state index in [1.54, 1.807) is 18.4 Å². The first-order chi connectivity index (χ1) is 14.2. The number of rotatable bonds is 7. The Labute approximate surface area is 174 Å². The summed E-state index contributed by atoms with van der Waals surface area (Å²) in [5.74, 6) is 1.63. The number of ether oxygens (including phenoxy) is 2. The van der Waals surface area contributed by atoms with Gasteiger partial charge in [-0.3, -0.25) is 9.39 Å². The van der Waals surface area contributed by atoms with Gasteiger partial charge in [0.05, 0.1) is 18.3 Å². The highest BCUT2D eigenvalue weighted by molar-refractivity contribution is 7.15. The van der Waals surface area contributed by atoms with Gasteiger partial charge in [0.25, 0.3) is 0 Å². The molecule has 1 saturated heterocycles. The summed E-state index contributed by atoms with van der Waals surface area (Å²) in [6.45, 7) is 4.75. The molecule has 3 heterocycles. The van der Waals surface area contributed by atoms with E-state index in [4.69, 9.17) is 9.47 Å². The topological polar surface area (TPSA) is 72.2 Å². The molecule has 1 atom stereocenters. The van der Waals surface area contributed by atoms with E-state index in [1.165, 1.54) is 5.56 Å². The molecule has 0 radical (unpaired) electrons. The van der Waals surface area contributed by atoms with Crippen molar-refractivity contribution in [3.63, 3.8) is 0 Å². The average Bonchev–Trinajstić information content (AvgIpc) is 3.45. The fourth-order valence-electron chi connectivity index (χ4n) is 3.34. The summed E-state index contributed by atoms with van der Waals surface area (Å²) >= 11 is 1.63. The molecule has 7 nitrogen and oxygen atoms in total. The van der Waals surface area contributed by atoms with Crippen molar-refractivity contribution in [3.8, 4) is 5.75 Å². The second-order valence-corrected chi connectivity index (χ2v) is 8.03. The molecule has 1 aliphatic rings. The second kappa shape index (κ2) is 9.28. The number of aliphatic imine (C=N–C) groups is 1. The van der Waals surface area contributed by atoms with Gasteiger partial charge in [0, 0.05) is 43.5 Å². The largest absolute Gasteiger partial charge is 0.491 e. The molecule has 29 heavy (non-hydrogen) atoms. The molecule has 0 saturated carbocycles. The predicted octanol–water partition coefficient (Wildman–Crippen LogP) is 3.13. The van der Waals surface area contributed by atoms with Crippen molar-refractivity contribution in [3.05, 3.63) is 52.8 Å². The van der Waals surface area contributed by atoms with Crippen molar-refractivity contribution < 1.29 is 9.47 Å². The van der Waals surface area contributed by atoms with Crippen molar-refractivity contribution in [2.75, 3.05) is 20.3 Å². The van der Waals surface area contributed by atoms with Gasteiger partial charge in [-0.25, -0.2) is 4.98 Å². The SMILES string of the molecule is CN=C(NCc1cn2ccsc2n1)NCc1ccc(C)cc1OCC1CCCO1. The third-order valence-electron chi connectivity index (χ3n) is 4.92. The van der Waals surface area contributed by atoms with Crippen LogP contribution in [0.25, 0.3) is 4.96 Å². The molecule has 154 valence electrons. The first-order valence-corrected chi connectivity index (χ1v) is 10.8. The van der Waals surface area contributed by atoms with Gasteiger partial charge in [-0.1, -0.05) is 12.1 Å². The number of benzene rings is 1. The van der Waals surface area contributed by atoms with E-state index in [-0.39, 0.29) is 6.10 Å². The number of nitrogens with zero attached hydrogens (tertiary/aromatic N) is 3. The monoisotopic (exact) mass is 413 g/mol. The second-order valence-electron chi connectivity index (χ2n) is 7.16. The van der Waals surface area contributed by atoms with Crippen LogP contribution in [-0.2, 0) is 17.8 Å². The van der Waals surface area contributed by atoms with Crippen molar-refractivity contribution in [2.24, 2.45) is 4.99 Å². The van der Waals surface area contributed by atoms with E-state index in [9.17, 15) is 0 Å². The average molecular weight is 414 g/mol. The molecule has 8 heteroatoms. The molecular formula is C21H27N5O2S. The fraction of sp³-hybridized carbons (Fsp3) is 0.429. The van der Waals surface area contributed by atoms with Crippen molar-refractivity contribution in [2.45, 2.75) is 39.0 Å². The number of guanidine groups is 1. The Kier molecular flexibility index (Phi) is 6.31. The third-order valence-corrected chi connectivity index (χ3v) is 5.69. The summed E-state index contributed by atoms with van der Waals surface area (Å²) in [7, 11) is 1.77. The van der Waals surface area contributed by atoms with Gasteiger partial charge in [-0.2, -0.15) is 0 Å². The molecule has 1 fully saturated rings. The van der Waals surface area contributed by atoms with Gasteiger partial charge in [0.2, 0.25) is 0 Å². The Bertz CT molecular complexity index is 946. The number of aromatic nitrogens is 2. The van der Waals surface area contributed by atoms with Gasteiger partial charge in [0.1, 0.15) is 12.4 Å². The van der Waals surface area contributed by atoms with Gasteiger partial charge in [-0.05, 0) is 31.4 Å². The lowest BCUT2D eigenvalue weighted by Gasteiger charge is -2.17. The molecular weight excluding hydrogens is 386 g/mol. The molecule has 3 aromatic rings. The van der Waals surface area contributed by atoms with Crippen LogP contribution >= 0.6 is 11.3 Å². The van der Waals surface area contributed by atoms with E-state index in [0.717, 1.165) is 47.4 Å². The predicted molar refractivity (Wildman–Crippen MR) is 116 cm³/mol. The maximum Gasteiger partial charge on any atom is 0.193 e. The number of nitrogens with one attached hydrogen (secondary N) is 2. The standard InChI is InChI=1S/C21H27N5O2S/c1-15-5-6-16(19(10-15)28-14-18-4-3-8-27-18)11-23-20(22-2)24-12-17-13-26-7-9-29-21(26)25-17/h5-7,9-10,13,18H,3-4,8,11-12,14H2,1-2H3,(H2,22,23,24). The maximum atomic E-state index is 6.09. The quantitative estimate of drug-likeness (QED) is 0.460. The minimum Gasteiger partial charge on any atom is -0.491 e. The molecule has 1 aliphatic heterocycles. The molecule has 0 amide bonds. The maximum absolute atomic E-state index is 6.09. The van der Waals surface area contributed by atoms with E-state index in [1.807, 2.05) is 22.2 Å². The Balaban J connectivity index is 1.33. The molecule has 1 unspecified atom stereocenters. The Morgan fingerprint density at radius 2 is 2.28 bits per heavy atom. The summed E-state index contributed by atoms with van der Waals surface area (Å²) in [6, 6.07) is 6.29. The number of aryl methyl sites for hydroxylation is 1. The minimum absolute atomic E-state index is 0.204. The Hall–Kier alpha value is -2.58. The van der Waals surface area contributed by atoms with Crippen LogP contribution in [0.1, 0.15) is 29.7 Å². The zero-order valence-electron chi connectivity index (χ0n) is 16.9. The smallest absolute Gasteiger partial charge is 0.193 e. The number of thiazole rings is 1. The molecule has 1 aromatic carbocycles. The highest BCUT2D eigenvalue weighted by Gasteiger charge is 2.17. The van der Waals surface area contributed by atoms with E-state index in [0.29, 0.717) is 19.7 Å². The molecule has 4 rings (SSSR count). The third kappa shape index (κ3) is 5.07.